The first-order valence-electron chi connectivity index (χ1n) is 5.81. The number of hydrogen-bond acceptors (Lipinski definition) is 2. The molecule has 0 aliphatic rings. The van der Waals surface area contributed by atoms with Crippen molar-refractivity contribution in [1.29, 1.82) is 0 Å². The molecule has 1 amide bonds. The SMILES string of the molecule is Nc1ccc(C(F)(F)F)cc1C(=O)Nc1cccc(Cl)c1. The molecular weight excluding hydrogens is 305 g/mol. The Morgan fingerprint density at radius 2 is 1.86 bits per heavy atom. The fourth-order valence-electron chi connectivity index (χ4n) is 1.69. The van der Waals surface area contributed by atoms with Gasteiger partial charge in [0.2, 0.25) is 0 Å². The van der Waals surface area contributed by atoms with Gasteiger partial charge < -0.3 is 11.1 Å². The highest BCUT2D eigenvalue weighted by Gasteiger charge is 2.31. The van der Waals surface area contributed by atoms with Crippen LogP contribution in [0.2, 0.25) is 5.02 Å². The summed E-state index contributed by atoms with van der Waals surface area (Å²) in [5.74, 6) is -0.735. The summed E-state index contributed by atoms with van der Waals surface area (Å²) >= 11 is 5.77. The van der Waals surface area contributed by atoms with Crippen LogP contribution >= 0.6 is 11.6 Å². The van der Waals surface area contributed by atoms with Crippen molar-refractivity contribution >= 4 is 28.9 Å². The first-order chi connectivity index (χ1) is 9.77. The highest BCUT2D eigenvalue weighted by Crippen LogP contribution is 2.31. The zero-order chi connectivity index (χ0) is 15.6. The highest BCUT2D eigenvalue weighted by atomic mass is 35.5. The zero-order valence-corrected chi connectivity index (χ0v) is 11.3. The van der Waals surface area contributed by atoms with Gasteiger partial charge in [-0.25, -0.2) is 0 Å². The number of nitrogen functional groups attached to an aromatic ring is 1. The van der Waals surface area contributed by atoms with Crippen LogP contribution in [0.1, 0.15) is 15.9 Å². The third-order valence-electron chi connectivity index (χ3n) is 2.71. The number of amides is 1. The Hall–Kier alpha value is -2.21. The quantitative estimate of drug-likeness (QED) is 0.816. The summed E-state index contributed by atoms with van der Waals surface area (Å²) in [4.78, 5) is 12.0. The van der Waals surface area contributed by atoms with Crippen molar-refractivity contribution in [3.8, 4) is 0 Å². The maximum atomic E-state index is 12.7. The van der Waals surface area contributed by atoms with Crippen molar-refractivity contribution in [1.82, 2.24) is 0 Å². The van der Waals surface area contributed by atoms with Gasteiger partial charge in [-0.1, -0.05) is 17.7 Å². The molecule has 0 aliphatic carbocycles. The van der Waals surface area contributed by atoms with E-state index in [1.54, 1.807) is 18.2 Å². The van der Waals surface area contributed by atoms with Gasteiger partial charge in [-0.3, -0.25) is 4.79 Å². The van der Waals surface area contributed by atoms with Gasteiger partial charge in [0.25, 0.3) is 5.91 Å². The van der Waals surface area contributed by atoms with Crippen LogP contribution in [0, 0.1) is 0 Å². The lowest BCUT2D eigenvalue weighted by Crippen LogP contribution is -2.16. The van der Waals surface area contributed by atoms with Gasteiger partial charge in [0.15, 0.2) is 0 Å². The molecule has 3 N–H and O–H groups in total. The van der Waals surface area contributed by atoms with E-state index < -0.39 is 17.6 Å². The number of benzene rings is 2. The maximum absolute atomic E-state index is 12.7. The Morgan fingerprint density at radius 3 is 2.48 bits per heavy atom. The number of carbonyl (C=O) groups is 1. The van der Waals surface area contributed by atoms with Crippen molar-refractivity contribution in [3.63, 3.8) is 0 Å². The first-order valence-corrected chi connectivity index (χ1v) is 6.19. The van der Waals surface area contributed by atoms with E-state index in [2.05, 4.69) is 5.32 Å². The fraction of sp³-hybridized carbons (Fsp3) is 0.0714. The number of hydrogen-bond donors (Lipinski definition) is 2. The molecule has 7 heteroatoms. The largest absolute Gasteiger partial charge is 0.416 e. The number of carbonyl (C=O) groups excluding carboxylic acids is 1. The molecule has 3 nitrogen and oxygen atoms in total. The van der Waals surface area contributed by atoms with Gasteiger partial charge >= 0.3 is 6.18 Å². The maximum Gasteiger partial charge on any atom is 0.416 e. The van der Waals surface area contributed by atoms with E-state index in [0.29, 0.717) is 10.7 Å². The number of nitrogens with two attached hydrogens (primary N) is 1. The van der Waals surface area contributed by atoms with Crippen molar-refractivity contribution in [2.24, 2.45) is 0 Å². The van der Waals surface area contributed by atoms with Crippen LogP contribution in [0.4, 0.5) is 24.5 Å². The van der Waals surface area contributed by atoms with Gasteiger partial charge in [-0.2, -0.15) is 13.2 Å². The van der Waals surface area contributed by atoms with E-state index >= 15 is 0 Å². The van der Waals surface area contributed by atoms with E-state index in [9.17, 15) is 18.0 Å². The Labute approximate surface area is 123 Å². The van der Waals surface area contributed by atoms with Crippen molar-refractivity contribution < 1.29 is 18.0 Å². The van der Waals surface area contributed by atoms with E-state index in [0.717, 1.165) is 18.2 Å². The lowest BCUT2D eigenvalue weighted by Gasteiger charge is -2.11. The van der Waals surface area contributed by atoms with Crippen molar-refractivity contribution in [2.75, 3.05) is 11.1 Å². The molecule has 0 radical (unpaired) electrons. The second-order valence-electron chi connectivity index (χ2n) is 4.26. The minimum Gasteiger partial charge on any atom is -0.398 e. The molecule has 0 aromatic heterocycles. The van der Waals surface area contributed by atoms with Gasteiger partial charge in [-0.05, 0) is 36.4 Å². The zero-order valence-electron chi connectivity index (χ0n) is 10.5. The third kappa shape index (κ3) is 3.66. The number of nitrogens with one attached hydrogen (secondary N) is 1. The number of anilines is 2. The molecule has 21 heavy (non-hydrogen) atoms. The van der Waals surface area contributed by atoms with Crippen LogP contribution < -0.4 is 11.1 Å². The molecule has 0 saturated carbocycles. The van der Waals surface area contributed by atoms with Crippen LogP contribution in [0.15, 0.2) is 42.5 Å². The monoisotopic (exact) mass is 314 g/mol. The molecule has 0 bridgehead atoms. The van der Waals surface area contributed by atoms with E-state index in [-0.39, 0.29) is 11.3 Å². The molecule has 0 spiro atoms. The smallest absolute Gasteiger partial charge is 0.398 e. The summed E-state index contributed by atoms with van der Waals surface area (Å²) in [7, 11) is 0. The fourth-order valence-corrected chi connectivity index (χ4v) is 1.88. The summed E-state index contributed by atoms with van der Waals surface area (Å²) in [6, 6.07) is 8.84. The van der Waals surface area contributed by atoms with Crippen LogP contribution in [-0.4, -0.2) is 5.91 Å². The van der Waals surface area contributed by atoms with Crippen LogP contribution in [0.5, 0.6) is 0 Å². The lowest BCUT2D eigenvalue weighted by atomic mass is 10.1. The Morgan fingerprint density at radius 1 is 1.14 bits per heavy atom. The first kappa shape index (κ1) is 15.2. The molecule has 2 rings (SSSR count). The average molecular weight is 315 g/mol. The number of rotatable bonds is 2. The van der Waals surface area contributed by atoms with Crippen molar-refractivity contribution in [3.05, 3.63) is 58.6 Å². The lowest BCUT2D eigenvalue weighted by molar-refractivity contribution is -0.137. The molecule has 0 heterocycles. The van der Waals surface area contributed by atoms with E-state index in [1.165, 1.54) is 6.07 Å². The molecule has 110 valence electrons. The van der Waals surface area contributed by atoms with Gasteiger partial charge in [0, 0.05) is 16.4 Å². The molecule has 0 fully saturated rings. The van der Waals surface area contributed by atoms with E-state index in [1.807, 2.05) is 0 Å². The second-order valence-corrected chi connectivity index (χ2v) is 4.70. The molecule has 0 saturated heterocycles. The molecule has 0 aliphatic heterocycles. The predicted octanol–water partition coefficient (Wildman–Crippen LogP) is 4.19. The minimum atomic E-state index is -4.54. The second kappa shape index (κ2) is 5.65. The summed E-state index contributed by atoms with van der Waals surface area (Å²) < 4.78 is 38.0. The molecule has 2 aromatic carbocycles. The number of halogens is 4. The molecule has 2 aromatic rings. The summed E-state index contributed by atoms with van der Waals surface area (Å²) in [6.45, 7) is 0. The number of alkyl halides is 3. The molecule has 0 atom stereocenters. The van der Waals surface area contributed by atoms with Crippen molar-refractivity contribution in [2.45, 2.75) is 6.18 Å². The molecule has 0 unspecified atom stereocenters. The predicted molar refractivity (Wildman–Crippen MR) is 75.3 cm³/mol. The third-order valence-corrected chi connectivity index (χ3v) is 2.94. The molecular formula is C14H10ClF3N2O. The normalized spacial score (nSPS) is 11.2. The summed E-state index contributed by atoms with van der Waals surface area (Å²) in [5.41, 5.74) is 4.71. The van der Waals surface area contributed by atoms with Crippen LogP contribution in [0.25, 0.3) is 0 Å². The van der Waals surface area contributed by atoms with Crippen LogP contribution in [-0.2, 0) is 6.18 Å². The summed E-state index contributed by atoms with van der Waals surface area (Å²) in [5, 5.41) is 2.84. The Kier molecular flexibility index (Phi) is 4.09. The Balaban J connectivity index is 2.31. The average Bonchev–Trinajstić information content (AvgIpc) is 2.37. The summed E-state index contributed by atoms with van der Waals surface area (Å²) in [6.07, 6.45) is -4.54. The van der Waals surface area contributed by atoms with Crippen LogP contribution in [0.3, 0.4) is 0 Å². The highest BCUT2D eigenvalue weighted by molar-refractivity contribution is 6.31. The van der Waals surface area contributed by atoms with Gasteiger partial charge in [0.1, 0.15) is 0 Å². The van der Waals surface area contributed by atoms with Gasteiger partial charge in [-0.15, -0.1) is 0 Å². The topological polar surface area (TPSA) is 55.1 Å². The standard InChI is InChI=1S/C14H10ClF3N2O/c15-9-2-1-3-10(7-9)20-13(21)11-6-8(14(16,17)18)4-5-12(11)19/h1-7H,19H2,(H,20,21). The minimum absolute atomic E-state index is 0.0393. The Bertz CT molecular complexity index is 686. The van der Waals surface area contributed by atoms with Gasteiger partial charge in [0.05, 0.1) is 11.1 Å². The van der Waals surface area contributed by atoms with E-state index in [4.69, 9.17) is 17.3 Å².